The summed E-state index contributed by atoms with van der Waals surface area (Å²) in [5, 5.41) is 26.5. The van der Waals surface area contributed by atoms with Gasteiger partial charge in [-0.2, -0.15) is 0 Å². The topological polar surface area (TPSA) is 189 Å². The number of carbonyl (C=O) groups excluding carboxylic acids is 3. The second-order valence-corrected chi connectivity index (χ2v) is 11.7. The first-order valence-corrected chi connectivity index (χ1v) is 13.3. The Balaban J connectivity index is 1.22. The lowest BCUT2D eigenvalue weighted by molar-refractivity contribution is -0.158. The molecule has 4 aliphatic rings. The number of amides is 3. The van der Waals surface area contributed by atoms with Crippen LogP contribution in [0.5, 0.6) is 0 Å². The zero-order valence-corrected chi connectivity index (χ0v) is 21.7. The Morgan fingerprint density at radius 1 is 1.39 bits per heavy atom. The van der Waals surface area contributed by atoms with Gasteiger partial charge in [0.15, 0.2) is 5.67 Å². The van der Waals surface area contributed by atoms with E-state index in [0.29, 0.717) is 17.9 Å². The van der Waals surface area contributed by atoms with Gasteiger partial charge in [-0.3, -0.25) is 14.4 Å². The number of tetrazole rings is 1. The Morgan fingerprint density at radius 2 is 2.13 bits per heavy atom. The first kappa shape index (κ1) is 26.5. The molecular weight excluding hydrogens is 521 g/mol. The Hall–Kier alpha value is -3.11. The number of rotatable bonds is 9. The van der Waals surface area contributed by atoms with Gasteiger partial charge in [0, 0.05) is 35.2 Å². The molecule has 0 aliphatic carbocycles. The van der Waals surface area contributed by atoms with E-state index < -0.39 is 35.7 Å². The van der Waals surface area contributed by atoms with Gasteiger partial charge < -0.3 is 31.3 Å². The molecule has 1 unspecified atom stereocenters. The number of thioether (sulfide) groups is 1. The lowest BCUT2D eigenvalue weighted by atomic mass is 9.78. The molecule has 3 fully saturated rings. The zero-order valence-electron chi connectivity index (χ0n) is 20.9. The number of aliphatic carboxylic acids is 1. The van der Waals surface area contributed by atoms with Crippen molar-refractivity contribution in [3.63, 3.8) is 0 Å². The van der Waals surface area contributed by atoms with Crippen molar-refractivity contribution in [1.29, 1.82) is 0 Å². The number of likely N-dealkylation sites (tertiary alicyclic amines) is 1. The van der Waals surface area contributed by atoms with E-state index in [4.69, 9.17) is 5.73 Å². The molecule has 3 saturated heterocycles. The van der Waals surface area contributed by atoms with Crippen LogP contribution in [-0.2, 0) is 25.7 Å². The molecule has 0 bridgehead atoms. The molecule has 6 atom stereocenters. The quantitative estimate of drug-likeness (QED) is 0.247. The number of nitrogens with two attached hydrogens (primary N) is 1. The molecule has 0 saturated carbocycles. The van der Waals surface area contributed by atoms with Gasteiger partial charge in [-0.25, -0.2) is 13.9 Å². The van der Waals surface area contributed by atoms with Crippen LogP contribution >= 0.6 is 11.8 Å². The number of carboxylic acid groups (broad SMARTS) is 1. The molecule has 5 rings (SSSR count). The van der Waals surface area contributed by atoms with Crippen molar-refractivity contribution in [3.8, 4) is 0 Å². The van der Waals surface area contributed by atoms with Crippen molar-refractivity contribution in [1.82, 2.24) is 40.6 Å². The maximum atomic E-state index is 14.1. The summed E-state index contributed by atoms with van der Waals surface area (Å²) >= 11 is 1.37. The zero-order chi connectivity index (χ0) is 27.4. The van der Waals surface area contributed by atoms with Crippen molar-refractivity contribution in [2.75, 3.05) is 26.2 Å². The fourth-order valence-electron chi connectivity index (χ4n) is 5.79. The highest BCUT2D eigenvalue weighted by atomic mass is 32.2. The van der Waals surface area contributed by atoms with E-state index >= 15 is 0 Å². The summed E-state index contributed by atoms with van der Waals surface area (Å²) in [7, 11) is 0. The van der Waals surface area contributed by atoms with Crippen molar-refractivity contribution < 1.29 is 28.7 Å². The van der Waals surface area contributed by atoms with E-state index in [2.05, 4.69) is 26.2 Å². The lowest BCUT2D eigenvalue weighted by Crippen LogP contribution is -2.66. The summed E-state index contributed by atoms with van der Waals surface area (Å²) in [6.07, 6.45) is 1.76. The Kier molecular flexibility index (Phi) is 6.89. The third-order valence-corrected chi connectivity index (χ3v) is 9.24. The molecule has 5 heterocycles. The monoisotopic (exact) mass is 551 g/mol. The number of aromatic nitrogens is 4. The maximum Gasteiger partial charge on any atom is 0.353 e. The van der Waals surface area contributed by atoms with Gasteiger partial charge in [-0.05, 0) is 23.8 Å². The molecule has 1 aromatic rings. The molecule has 38 heavy (non-hydrogen) atoms. The average Bonchev–Trinajstić information content (AvgIpc) is 3.57. The Bertz CT molecular complexity index is 1170. The summed E-state index contributed by atoms with van der Waals surface area (Å²) < 4.78 is 15.4. The number of fused-ring (bicyclic) bond motifs is 1. The predicted octanol–water partition coefficient (Wildman–Crippen LogP) is -2.08. The summed E-state index contributed by atoms with van der Waals surface area (Å²) in [4.78, 5) is 53.8. The summed E-state index contributed by atoms with van der Waals surface area (Å²) in [5.74, 6) is -2.95. The molecule has 5 N–H and O–H groups in total. The molecule has 0 aromatic carbocycles. The molecule has 0 radical (unpaired) electrons. The summed E-state index contributed by atoms with van der Waals surface area (Å²) in [6.45, 7) is 3.80. The number of carbonyl (C=O) groups is 4. The number of nitrogens with zero attached hydrogens (tertiary/aromatic N) is 6. The molecular formula is C22H30FN9O5S. The standard InChI is InChI=1S/C22H30FN9O5S/c1-10-16-15(11(2)27-14(33)5-31-9-26-28-29-31)20(35)32(16)17(21(36)37)18(10)38-12-3-13(25-4-12)19(34)30-7-22(23,6-24)8-30/h9-13,15-16,25H,3-8,24H2,1-2H3,(H,27,33)(H,36,37)/t10-,11?,12+,13+,15-,16-/m1/s1. The minimum absolute atomic E-state index is 0.0196. The number of β-lactam (4-membered cyclic amide) rings is 1. The van der Waals surface area contributed by atoms with Crippen LogP contribution in [0.15, 0.2) is 16.9 Å². The molecule has 1 aromatic heterocycles. The molecule has 16 heteroatoms. The SMILES string of the molecule is CC(NC(=O)Cn1cnnn1)[C@H]1C(=O)N2C(C(=O)O)=C(S[C@@H]3CN[C@H](C(=O)N4CC(F)(CN)C4)C3)[C@H](C)[C@H]12. The van der Waals surface area contributed by atoms with Crippen molar-refractivity contribution in [2.24, 2.45) is 17.6 Å². The largest absolute Gasteiger partial charge is 0.477 e. The van der Waals surface area contributed by atoms with Gasteiger partial charge in [0.1, 0.15) is 18.6 Å². The van der Waals surface area contributed by atoms with E-state index in [1.54, 1.807) is 6.92 Å². The van der Waals surface area contributed by atoms with Crippen LogP contribution in [0.1, 0.15) is 20.3 Å². The number of hydrogen-bond acceptors (Lipinski definition) is 10. The van der Waals surface area contributed by atoms with Gasteiger partial charge in [0.2, 0.25) is 17.7 Å². The highest BCUT2D eigenvalue weighted by molar-refractivity contribution is 8.03. The van der Waals surface area contributed by atoms with E-state index in [1.165, 1.54) is 32.6 Å². The summed E-state index contributed by atoms with van der Waals surface area (Å²) in [5.41, 5.74) is 3.86. The van der Waals surface area contributed by atoms with Crippen LogP contribution in [0.4, 0.5) is 4.39 Å². The van der Waals surface area contributed by atoms with Crippen LogP contribution in [0.25, 0.3) is 0 Å². The van der Waals surface area contributed by atoms with Crippen molar-refractivity contribution >= 4 is 35.5 Å². The Morgan fingerprint density at radius 3 is 2.76 bits per heavy atom. The van der Waals surface area contributed by atoms with Gasteiger partial charge in [-0.1, -0.05) is 6.92 Å². The minimum atomic E-state index is -1.52. The van der Waals surface area contributed by atoms with Crippen LogP contribution in [0.2, 0.25) is 0 Å². The fraction of sp³-hybridized carbons (Fsp3) is 0.682. The molecule has 4 aliphatic heterocycles. The van der Waals surface area contributed by atoms with E-state index in [-0.39, 0.29) is 60.8 Å². The smallest absolute Gasteiger partial charge is 0.353 e. The van der Waals surface area contributed by atoms with E-state index in [9.17, 15) is 28.7 Å². The maximum absolute atomic E-state index is 14.1. The first-order valence-electron chi connectivity index (χ1n) is 12.4. The van der Waals surface area contributed by atoms with Gasteiger partial charge in [0.05, 0.1) is 31.1 Å². The molecule has 206 valence electrons. The van der Waals surface area contributed by atoms with Crippen molar-refractivity contribution in [3.05, 3.63) is 16.9 Å². The number of carboxylic acids is 1. The van der Waals surface area contributed by atoms with Gasteiger partial charge in [0.25, 0.3) is 0 Å². The third-order valence-electron chi connectivity index (χ3n) is 7.72. The highest BCUT2D eigenvalue weighted by Crippen LogP contribution is 2.52. The fourth-order valence-corrected chi connectivity index (χ4v) is 7.27. The lowest BCUT2D eigenvalue weighted by Gasteiger charge is -2.47. The van der Waals surface area contributed by atoms with Gasteiger partial charge >= 0.3 is 5.97 Å². The molecule has 3 amide bonds. The van der Waals surface area contributed by atoms with Gasteiger partial charge in [-0.15, -0.1) is 16.9 Å². The minimum Gasteiger partial charge on any atom is -0.477 e. The van der Waals surface area contributed by atoms with Crippen LogP contribution in [-0.4, -0.2) is 114 Å². The van der Waals surface area contributed by atoms with Crippen LogP contribution < -0.4 is 16.4 Å². The predicted molar refractivity (Wildman–Crippen MR) is 131 cm³/mol. The Labute approximate surface area is 221 Å². The molecule has 0 spiro atoms. The van der Waals surface area contributed by atoms with Crippen LogP contribution in [0.3, 0.4) is 0 Å². The normalized spacial score (nSPS) is 30.5. The van der Waals surface area contributed by atoms with E-state index in [0.717, 1.165) is 0 Å². The van der Waals surface area contributed by atoms with Crippen LogP contribution in [0, 0.1) is 11.8 Å². The number of hydrogen-bond donors (Lipinski definition) is 4. The van der Waals surface area contributed by atoms with E-state index in [1.807, 2.05) is 6.92 Å². The average molecular weight is 552 g/mol. The first-order chi connectivity index (χ1) is 18.0. The summed E-state index contributed by atoms with van der Waals surface area (Å²) in [6, 6.07) is -1.42. The number of alkyl halides is 1. The van der Waals surface area contributed by atoms with Crippen molar-refractivity contribution in [2.45, 2.75) is 55.9 Å². The second-order valence-electron chi connectivity index (χ2n) is 10.4. The number of halogens is 1. The second kappa shape index (κ2) is 9.89. The number of nitrogens with one attached hydrogen (secondary N) is 2. The highest BCUT2D eigenvalue weighted by Gasteiger charge is 2.60. The third kappa shape index (κ3) is 4.53. The molecule has 14 nitrogen and oxygen atoms in total.